The van der Waals surface area contributed by atoms with Crippen LogP contribution in [-0.2, 0) is 5.41 Å². The van der Waals surface area contributed by atoms with Crippen LogP contribution in [0.1, 0.15) is 32.3 Å². The van der Waals surface area contributed by atoms with Gasteiger partial charge in [-0.05, 0) is 42.5 Å². The third-order valence-corrected chi connectivity index (χ3v) is 6.93. The molecule has 2 aliphatic rings. The van der Waals surface area contributed by atoms with Gasteiger partial charge in [0.1, 0.15) is 0 Å². The molecule has 2 heterocycles. The number of rotatable bonds is 4. The Morgan fingerprint density at radius 3 is 2.16 bits per heavy atom. The average molecular weight is 443 g/mol. The SMILES string of the molecule is CCN1CCN(c2ccccc2NC(=O)N2CCC(C)(c3ccccc3)CC2)CC1.Cl. The molecular weight excluding hydrogens is 408 g/mol. The summed E-state index contributed by atoms with van der Waals surface area (Å²) in [5.74, 6) is 0. The molecule has 0 aliphatic carbocycles. The first-order valence-corrected chi connectivity index (χ1v) is 11.3. The van der Waals surface area contributed by atoms with E-state index in [-0.39, 0.29) is 23.9 Å². The maximum atomic E-state index is 13.0. The van der Waals surface area contributed by atoms with E-state index >= 15 is 0 Å². The summed E-state index contributed by atoms with van der Waals surface area (Å²) in [6.45, 7) is 11.4. The van der Waals surface area contributed by atoms with Crippen LogP contribution in [0.15, 0.2) is 54.6 Å². The number of anilines is 2. The molecule has 5 nitrogen and oxygen atoms in total. The van der Waals surface area contributed by atoms with Crippen molar-refractivity contribution in [2.24, 2.45) is 0 Å². The minimum absolute atomic E-state index is 0. The highest BCUT2D eigenvalue weighted by molar-refractivity contribution is 5.93. The van der Waals surface area contributed by atoms with Gasteiger partial charge in [-0.25, -0.2) is 4.79 Å². The number of likely N-dealkylation sites (tertiary alicyclic amines) is 1. The lowest BCUT2D eigenvalue weighted by Crippen LogP contribution is -2.47. The summed E-state index contributed by atoms with van der Waals surface area (Å²) < 4.78 is 0. The topological polar surface area (TPSA) is 38.8 Å². The Morgan fingerprint density at radius 2 is 1.52 bits per heavy atom. The fourth-order valence-electron chi connectivity index (χ4n) is 4.69. The summed E-state index contributed by atoms with van der Waals surface area (Å²) in [6.07, 6.45) is 1.98. The highest BCUT2D eigenvalue weighted by atomic mass is 35.5. The van der Waals surface area contributed by atoms with Crippen molar-refractivity contribution in [3.63, 3.8) is 0 Å². The van der Waals surface area contributed by atoms with Crippen molar-refractivity contribution >= 4 is 29.8 Å². The second kappa shape index (κ2) is 10.4. The van der Waals surface area contributed by atoms with Gasteiger partial charge >= 0.3 is 6.03 Å². The van der Waals surface area contributed by atoms with E-state index in [1.807, 2.05) is 17.0 Å². The average Bonchev–Trinajstić information content (AvgIpc) is 2.80. The van der Waals surface area contributed by atoms with Gasteiger partial charge in [-0.1, -0.05) is 56.3 Å². The third-order valence-electron chi connectivity index (χ3n) is 6.93. The van der Waals surface area contributed by atoms with Crippen LogP contribution >= 0.6 is 12.4 Å². The molecule has 168 valence electrons. The minimum atomic E-state index is 0. The first kappa shape index (κ1) is 23.4. The van der Waals surface area contributed by atoms with Gasteiger partial charge in [0.25, 0.3) is 0 Å². The number of halogens is 1. The van der Waals surface area contributed by atoms with E-state index in [2.05, 4.69) is 71.4 Å². The smallest absolute Gasteiger partial charge is 0.321 e. The zero-order valence-corrected chi connectivity index (χ0v) is 19.5. The molecule has 4 rings (SSSR count). The van der Waals surface area contributed by atoms with Gasteiger partial charge in [0.15, 0.2) is 0 Å². The summed E-state index contributed by atoms with van der Waals surface area (Å²) in [5, 5.41) is 3.20. The number of benzene rings is 2. The number of likely N-dealkylation sites (N-methyl/N-ethyl adjacent to an activating group) is 1. The molecule has 31 heavy (non-hydrogen) atoms. The Hall–Kier alpha value is -2.24. The van der Waals surface area contributed by atoms with Crippen LogP contribution in [0.2, 0.25) is 0 Å². The van der Waals surface area contributed by atoms with Crippen molar-refractivity contribution in [2.45, 2.75) is 32.1 Å². The number of hydrogen-bond donors (Lipinski definition) is 1. The van der Waals surface area contributed by atoms with E-state index < -0.39 is 0 Å². The lowest BCUT2D eigenvalue weighted by atomic mass is 9.74. The van der Waals surface area contributed by atoms with Crippen molar-refractivity contribution in [1.82, 2.24) is 9.80 Å². The Labute approximate surface area is 192 Å². The van der Waals surface area contributed by atoms with Crippen LogP contribution in [0.4, 0.5) is 16.2 Å². The van der Waals surface area contributed by atoms with Crippen molar-refractivity contribution in [2.75, 3.05) is 56.0 Å². The van der Waals surface area contributed by atoms with E-state index in [1.165, 1.54) is 5.56 Å². The summed E-state index contributed by atoms with van der Waals surface area (Å²) >= 11 is 0. The van der Waals surface area contributed by atoms with Gasteiger partial charge in [0.05, 0.1) is 11.4 Å². The second-order valence-electron chi connectivity index (χ2n) is 8.78. The number of carbonyl (C=O) groups excluding carboxylic acids is 1. The number of amides is 2. The van der Waals surface area contributed by atoms with Crippen LogP contribution in [0, 0.1) is 0 Å². The number of piperidine rings is 1. The minimum Gasteiger partial charge on any atom is -0.367 e. The predicted octanol–water partition coefficient (Wildman–Crippen LogP) is 4.84. The van der Waals surface area contributed by atoms with Crippen LogP contribution in [0.5, 0.6) is 0 Å². The fourth-order valence-corrected chi connectivity index (χ4v) is 4.69. The Bertz CT molecular complexity index is 844. The maximum absolute atomic E-state index is 13.0. The summed E-state index contributed by atoms with van der Waals surface area (Å²) in [6, 6.07) is 18.9. The molecule has 2 saturated heterocycles. The quantitative estimate of drug-likeness (QED) is 0.736. The molecule has 0 spiro atoms. The zero-order chi connectivity index (χ0) is 21.0. The predicted molar refractivity (Wildman–Crippen MR) is 132 cm³/mol. The Kier molecular flexibility index (Phi) is 7.84. The van der Waals surface area contributed by atoms with Crippen LogP contribution in [-0.4, -0.2) is 61.6 Å². The van der Waals surface area contributed by atoms with E-state index in [1.54, 1.807) is 0 Å². The molecule has 2 aromatic carbocycles. The van der Waals surface area contributed by atoms with Gasteiger partial charge < -0.3 is 20.0 Å². The molecule has 2 amide bonds. The van der Waals surface area contributed by atoms with Crippen LogP contribution in [0.3, 0.4) is 0 Å². The molecule has 0 radical (unpaired) electrons. The number of piperazine rings is 1. The third kappa shape index (κ3) is 5.34. The first-order chi connectivity index (χ1) is 14.6. The van der Waals surface area contributed by atoms with Crippen molar-refractivity contribution in [3.05, 3.63) is 60.2 Å². The molecule has 6 heteroatoms. The van der Waals surface area contributed by atoms with Crippen LogP contribution < -0.4 is 10.2 Å². The molecule has 0 saturated carbocycles. The maximum Gasteiger partial charge on any atom is 0.321 e. The lowest BCUT2D eigenvalue weighted by molar-refractivity contribution is 0.174. The molecule has 2 fully saturated rings. The number of nitrogens with zero attached hydrogens (tertiary/aromatic N) is 3. The zero-order valence-electron chi connectivity index (χ0n) is 18.7. The second-order valence-corrected chi connectivity index (χ2v) is 8.78. The number of urea groups is 1. The first-order valence-electron chi connectivity index (χ1n) is 11.3. The fraction of sp³-hybridized carbons (Fsp3) is 0.480. The number of hydrogen-bond acceptors (Lipinski definition) is 3. The highest BCUT2D eigenvalue weighted by Gasteiger charge is 2.33. The van der Waals surface area contributed by atoms with Gasteiger partial charge in [-0.15, -0.1) is 12.4 Å². The van der Waals surface area contributed by atoms with Crippen molar-refractivity contribution in [1.29, 1.82) is 0 Å². The number of carbonyl (C=O) groups is 1. The van der Waals surface area contributed by atoms with Gasteiger partial charge in [0, 0.05) is 39.3 Å². The van der Waals surface area contributed by atoms with E-state index in [0.29, 0.717) is 0 Å². The van der Waals surface area contributed by atoms with Crippen molar-refractivity contribution < 1.29 is 4.79 Å². The molecule has 0 atom stereocenters. The van der Waals surface area contributed by atoms with Crippen molar-refractivity contribution in [3.8, 4) is 0 Å². The standard InChI is InChI=1S/C25H34N4O.ClH/c1-3-27-17-19-28(20-18-27)23-12-8-7-11-22(23)26-24(30)29-15-13-25(2,14-16-29)21-9-5-4-6-10-21;/h4-12H,3,13-20H2,1-2H3,(H,26,30);1H. The highest BCUT2D eigenvalue weighted by Crippen LogP contribution is 2.35. The number of nitrogens with one attached hydrogen (secondary N) is 1. The molecule has 2 aliphatic heterocycles. The molecule has 0 aromatic heterocycles. The van der Waals surface area contributed by atoms with E-state index in [0.717, 1.165) is 70.0 Å². The Balaban J connectivity index is 0.00000272. The van der Waals surface area contributed by atoms with Crippen LogP contribution in [0.25, 0.3) is 0 Å². The van der Waals surface area contributed by atoms with Gasteiger partial charge in [-0.2, -0.15) is 0 Å². The summed E-state index contributed by atoms with van der Waals surface area (Å²) in [4.78, 5) is 19.9. The molecular formula is C25H35ClN4O. The lowest BCUT2D eigenvalue weighted by Gasteiger charge is -2.40. The number of para-hydroxylation sites is 2. The molecule has 1 N–H and O–H groups in total. The molecule has 0 unspecified atom stereocenters. The molecule has 0 bridgehead atoms. The normalized spacial score (nSPS) is 18.9. The molecule has 2 aromatic rings. The monoisotopic (exact) mass is 442 g/mol. The van der Waals surface area contributed by atoms with Gasteiger partial charge in [-0.3, -0.25) is 0 Å². The largest absolute Gasteiger partial charge is 0.367 e. The van der Waals surface area contributed by atoms with E-state index in [4.69, 9.17) is 0 Å². The Morgan fingerprint density at radius 1 is 0.903 bits per heavy atom. The summed E-state index contributed by atoms with van der Waals surface area (Å²) in [5.41, 5.74) is 3.58. The van der Waals surface area contributed by atoms with E-state index in [9.17, 15) is 4.79 Å². The van der Waals surface area contributed by atoms with Gasteiger partial charge in [0.2, 0.25) is 0 Å². The summed E-state index contributed by atoms with van der Waals surface area (Å²) in [7, 11) is 0.